The molecule has 0 fully saturated rings. The number of nitro benzene ring substituents is 2. The summed E-state index contributed by atoms with van der Waals surface area (Å²) >= 11 is 0. The maximum Gasteiger partial charge on any atom is 0.490 e. The lowest BCUT2D eigenvalue weighted by molar-refractivity contribution is -0.384. The van der Waals surface area contributed by atoms with Crippen molar-refractivity contribution in [3.8, 4) is 22.5 Å². The summed E-state index contributed by atoms with van der Waals surface area (Å²) in [6.45, 7) is 3.21. The average molecular weight is 853 g/mol. The number of nitrogens with zero attached hydrogens (tertiary/aromatic N) is 4. The molecule has 0 saturated heterocycles. The fraction of sp³-hybridized carbons (Fsp3) is 0.233. The molecule has 62 heavy (non-hydrogen) atoms. The second-order valence-corrected chi connectivity index (χ2v) is 14.4. The predicted octanol–water partition coefficient (Wildman–Crippen LogP) is 6.24. The third-order valence-electron chi connectivity index (χ3n) is 10.7. The van der Waals surface area contributed by atoms with Gasteiger partial charge in [-0.25, -0.2) is 4.79 Å². The van der Waals surface area contributed by atoms with Crippen molar-refractivity contribution < 1.29 is 42.5 Å². The summed E-state index contributed by atoms with van der Waals surface area (Å²) in [4.78, 5) is 85.3. The Morgan fingerprint density at radius 2 is 1.02 bits per heavy atom. The van der Waals surface area contributed by atoms with E-state index in [0.29, 0.717) is 113 Å². The van der Waals surface area contributed by atoms with Gasteiger partial charge in [-0.05, 0) is 63.6 Å². The van der Waals surface area contributed by atoms with Gasteiger partial charge in [0.1, 0.15) is 0 Å². The van der Waals surface area contributed by atoms with Crippen LogP contribution in [0.1, 0.15) is 51.1 Å². The molecule has 2 aromatic heterocycles. The number of aliphatic carboxylic acids is 1. The molecule has 19 heteroatoms. The van der Waals surface area contributed by atoms with E-state index in [-0.39, 0.29) is 39.4 Å². The molecule has 0 spiro atoms. The Hall–Kier alpha value is -7.38. The van der Waals surface area contributed by atoms with Crippen LogP contribution in [0.3, 0.4) is 0 Å². The van der Waals surface area contributed by atoms with Crippen LogP contribution in [0.5, 0.6) is 0 Å². The summed E-state index contributed by atoms with van der Waals surface area (Å²) in [6.07, 6.45) is -3.12. The van der Waals surface area contributed by atoms with Gasteiger partial charge < -0.3 is 24.9 Å². The fourth-order valence-electron chi connectivity index (χ4n) is 7.90. The highest BCUT2D eigenvalue weighted by molar-refractivity contribution is 6.27. The normalized spacial score (nSPS) is 12.4. The Labute approximate surface area is 347 Å². The van der Waals surface area contributed by atoms with Crippen LogP contribution in [0.15, 0.2) is 94.5 Å². The fourth-order valence-corrected chi connectivity index (χ4v) is 7.90. The molecule has 3 N–H and O–H groups in total. The van der Waals surface area contributed by atoms with Crippen molar-refractivity contribution in [1.82, 2.24) is 19.8 Å². The Morgan fingerprint density at radius 1 is 0.581 bits per heavy atom. The smallest absolute Gasteiger partial charge is 0.475 e. The van der Waals surface area contributed by atoms with E-state index in [9.17, 15) is 52.6 Å². The van der Waals surface area contributed by atoms with E-state index in [1.165, 1.54) is 36.4 Å². The molecule has 0 bridgehead atoms. The van der Waals surface area contributed by atoms with Crippen LogP contribution in [0.2, 0.25) is 0 Å². The van der Waals surface area contributed by atoms with Crippen LogP contribution >= 0.6 is 0 Å². The number of hydrogen-bond acceptors (Lipinski definition) is 11. The Kier molecular flexibility index (Phi) is 11.9. The molecule has 318 valence electrons. The van der Waals surface area contributed by atoms with Gasteiger partial charge in [0, 0.05) is 75.8 Å². The van der Waals surface area contributed by atoms with Crippen molar-refractivity contribution in [1.29, 1.82) is 0 Å². The van der Waals surface area contributed by atoms with Gasteiger partial charge in [-0.3, -0.25) is 39.4 Å². The molecule has 2 heterocycles. The van der Waals surface area contributed by atoms with E-state index in [0.717, 1.165) is 6.42 Å². The highest BCUT2D eigenvalue weighted by Crippen LogP contribution is 2.42. The number of non-ortho nitro benzene ring substituents is 2. The first-order valence-corrected chi connectivity index (χ1v) is 19.3. The second-order valence-electron chi connectivity index (χ2n) is 14.4. The number of nitro groups is 2. The van der Waals surface area contributed by atoms with E-state index in [1.807, 2.05) is 12.1 Å². The van der Waals surface area contributed by atoms with Crippen LogP contribution in [0, 0.1) is 20.2 Å². The molecule has 0 radical (unpaired) electrons. The van der Waals surface area contributed by atoms with Gasteiger partial charge in [0.2, 0.25) is 0 Å². The number of rotatable bonds is 14. The minimum Gasteiger partial charge on any atom is -0.475 e. The van der Waals surface area contributed by atoms with Gasteiger partial charge in [0.15, 0.2) is 11.6 Å². The molecule has 2 aliphatic rings. The summed E-state index contributed by atoms with van der Waals surface area (Å²) in [5.41, 5.74) is 2.68. The summed E-state index contributed by atoms with van der Waals surface area (Å²) in [7, 11) is 0. The number of carboxylic acids is 1. The monoisotopic (exact) mass is 852 g/mol. The number of aromatic nitrogens is 2. The number of pyridine rings is 2. The molecule has 0 saturated carbocycles. The topological polar surface area (TPSA) is 226 Å². The number of fused-ring (bicyclic) bond motifs is 10. The predicted molar refractivity (Wildman–Crippen MR) is 221 cm³/mol. The second kappa shape index (κ2) is 17.3. The number of carbonyl (C=O) groups excluding carboxylic acids is 2. The number of carbonyl (C=O) groups is 3. The lowest BCUT2D eigenvalue weighted by Crippen LogP contribution is -2.28. The summed E-state index contributed by atoms with van der Waals surface area (Å²) in [6, 6.07) is 22.3. The highest BCUT2D eigenvalue weighted by atomic mass is 19.4. The third-order valence-corrected chi connectivity index (χ3v) is 10.7. The molecule has 0 unspecified atom stereocenters. The number of alkyl halides is 3. The minimum absolute atomic E-state index is 0.144. The molecule has 6 aromatic rings. The molecule has 0 aliphatic heterocycles. The summed E-state index contributed by atoms with van der Waals surface area (Å²) in [5, 5.41) is 38.5. The van der Waals surface area contributed by atoms with Crippen LogP contribution in [0.25, 0.3) is 44.1 Å². The van der Waals surface area contributed by atoms with Gasteiger partial charge in [-0.2, -0.15) is 13.2 Å². The molecule has 8 rings (SSSR count). The number of benzene rings is 4. The first-order chi connectivity index (χ1) is 29.6. The van der Waals surface area contributed by atoms with Crippen molar-refractivity contribution in [2.45, 2.75) is 38.5 Å². The number of ketones is 2. The lowest BCUT2D eigenvalue weighted by atomic mass is 10.0. The first kappa shape index (κ1) is 42.7. The van der Waals surface area contributed by atoms with Crippen LogP contribution in [-0.4, -0.2) is 74.0 Å². The van der Waals surface area contributed by atoms with Crippen LogP contribution < -0.4 is 21.8 Å². The quantitative estimate of drug-likeness (QED) is 0.0628. The Morgan fingerprint density at radius 3 is 1.58 bits per heavy atom. The molecule has 4 aromatic carbocycles. The average Bonchev–Trinajstić information content (AvgIpc) is 3.71. The molecule has 16 nitrogen and oxygen atoms in total. The Balaban J connectivity index is 0.000000762. The van der Waals surface area contributed by atoms with E-state index >= 15 is 0 Å². The van der Waals surface area contributed by atoms with E-state index < -0.39 is 22.0 Å². The summed E-state index contributed by atoms with van der Waals surface area (Å²) < 4.78 is 34.9. The largest absolute Gasteiger partial charge is 0.490 e. The minimum atomic E-state index is -5.08. The van der Waals surface area contributed by atoms with Crippen molar-refractivity contribution in [3.05, 3.63) is 148 Å². The first-order valence-electron chi connectivity index (χ1n) is 19.3. The lowest BCUT2D eigenvalue weighted by Gasteiger charge is -2.15. The van der Waals surface area contributed by atoms with E-state index in [2.05, 4.69) is 10.6 Å². The number of hydrogen-bond donors (Lipinski definition) is 3. The number of halogens is 3. The van der Waals surface area contributed by atoms with Crippen molar-refractivity contribution in [2.75, 3.05) is 26.2 Å². The van der Waals surface area contributed by atoms with Crippen LogP contribution in [-0.2, 0) is 17.9 Å². The number of nitrogens with one attached hydrogen (secondary N) is 2. The van der Waals surface area contributed by atoms with E-state index in [1.54, 1.807) is 45.5 Å². The zero-order chi connectivity index (χ0) is 44.5. The highest BCUT2D eigenvalue weighted by Gasteiger charge is 2.38. The van der Waals surface area contributed by atoms with E-state index in [4.69, 9.17) is 9.90 Å². The SMILES string of the molecule is O=C(O)C(F)(F)F.O=C1c2ccc([N+](=O)[O-])cc2-c2c1c1ccccc1c(=O)n2CCCNCCCNCCCn1c2c(c3ccc([N+](=O)[O-])cc3c1=O)C(=O)c1ccccc1-2. The molecular formula is C43H35F3N6O10. The standard InChI is InChI=1S/C41H34N6O8.C2HF3O2/c48-38-29-10-3-2-9-28(29)36-35(38)27-14-12-25(47(54)55)23-33(27)41(51)44(36)20-6-18-42-16-5-17-43-19-7-21-45-37-32-22-24(46(52)53)13-15-30(32)39(49)34(37)26-8-1-4-11-31(26)40(45)50;3-2(4,5)1(6)7/h1-4,8-15,22-23,42-43H,5-7,16-21H2;(H,6,7). The molecule has 0 amide bonds. The van der Waals surface area contributed by atoms with Gasteiger partial charge in [-0.1, -0.05) is 42.5 Å². The molecule has 0 atom stereocenters. The van der Waals surface area contributed by atoms with Gasteiger partial charge >= 0.3 is 12.1 Å². The zero-order valence-corrected chi connectivity index (χ0v) is 32.5. The van der Waals surface area contributed by atoms with Crippen molar-refractivity contribution in [3.63, 3.8) is 0 Å². The summed E-state index contributed by atoms with van der Waals surface area (Å²) in [5.74, 6) is -3.22. The van der Waals surface area contributed by atoms with Gasteiger partial charge in [0.05, 0.1) is 37.7 Å². The maximum absolute atomic E-state index is 13.7. The number of carboxylic acid groups (broad SMARTS) is 1. The van der Waals surface area contributed by atoms with Crippen molar-refractivity contribution >= 4 is 50.5 Å². The molecular weight excluding hydrogens is 817 g/mol. The van der Waals surface area contributed by atoms with Gasteiger partial charge in [-0.15, -0.1) is 0 Å². The Bertz CT molecular complexity index is 2980. The maximum atomic E-state index is 13.7. The zero-order valence-electron chi connectivity index (χ0n) is 32.5. The van der Waals surface area contributed by atoms with Crippen molar-refractivity contribution in [2.24, 2.45) is 0 Å². The van der Waals surface area contributed by atoms with Gasteiger partial charge in [0.25, 0.3) is 22.5 Å². The van der Waals surface area contributed by atoms with Crippen LogP contribution in [0.4, 0.5) is 24.5 Å². The molecule has 2 aliphatic carbocycles. The third kappa shape index (κ3) is 7.97.